The van der Waals surface area contributed by atoms with Gasteiger partial charge in [0.05, 0.1) is 12.3 Å². The minimum atomic E-state index is -0.392. The minimum Gasteiger partial charge on any atom is -0.493 e. The van der Waals surface area contributed by atoms with Crippen LogP contribution in [0.5, 0.6) is 5.75 Å². The lowest BCUT2D eigenvalue weighted by molar-refractivity contribution is -0.126. The number of anilines is 1. The van der Waals surface area contributed by atoms with Crippen molar-refractivity contribution in [3.8, 4) is 5.75 Å². The lowest BCUT2D eigenvalue weighted by Crippen LogP contribution is -2.50. The molecular formula is C21H24Cl2N4O2. The van der Waals surface area contributed by atoms with Crippen molar-refractivity contribution in [2.75, 3.05) is 45.3 Å². The lowest BCUT2D eigenvalue weighted by atomic mass is 10.00. The molecule has 0 radical (unpaired) electrons. The Morgan fingerprint density at radius 3 is 2.52 bits per heavy atom. The molecule has 1 atom stereocenters. The third-order valence-electron chi connectivity index (χ3n) is 5.37. The molecule has 2 aliphatic rings. The molecule has 8 heteroatoms. The Labute approximate surface area is 180 Å². The summed E-state index contributed by atoms with van der Waals surface area (Å²) in [6.45, 7) is 4.20. The molecule has 154 valence electrons. The molecule has 29 heavy (non-hydrogen) atoms. The third kappa shape index (κ3) is 4.78. The summed E-state index contributed by atoms with van der Waals surface area (Å²) in [5, 5.41) is 1.01. The summed E-state index contributed by atoms with van der Waals surface area (Å²) < 4.78 is 5.62. The number of nitrogens with one attached hydrogen (secondary N) is 2. The zero-order valence-electron chi connectivity index (χ0n) is 16.3. The zero-order chi connectivity index (χ0) is 20.4. The monoisotopic (exact) mass is 434 g/mol. The zero-order valence-corrected chi connectivity index (χ0v) is 17.8. The fraction of sp³-hybridized carbons (Fsp3) is 0.381. The number of halogens is 2. The predicted molar refractivity (Wildman–Crippen MR) is 116 cm³/mol. The average molecular weight is 435 g/mol. The van der Waals surface area contributed by atoms with E-state index in [1.54, 1.807) is 18.2 Å². The Morgan fingerprint density at radius 2 is 1.79 bits per heavy atom. The molecular weight excluding hydrogens is 411 g/mol. The molecule has 2 aliphatic heterocycles. The number of hydrazine groups is 1. The number of ether oxygens (including phenoxy) is 1. The van der Waals surface area contributed by atoms with E-state index in [9.17, 15) is 4.79 Å². The minimum absolute atomic E-state index is 0.121. The third-order valence-corrected chi connectivity index (χ3v) is 5.81. The van der Waals surface area contributed by atoms with Gasteiger partial charge in [-0.25, -0.2) is 0 Å². The maximum absolute atomic E-state index is 13.2. The quantitative estimate of drug-likeness (QED) is 0.706. The van der Waals surface area contributed by atoms with Crippen LogP contribution in [0.3, 0.4) is 0 Å². The summed E-state index contributed by atoms with van der Waals surface area (Å²) in [5.74, 6) is 0.794. The molecule has 1 fully saturated rings. The number of likely N-dealkylation sites (N-methyl/N-ethyl adjacent to an activating group) is 1. The molecule has 1 amide bonds. The molecule has 6 nitrogen and oxygen atoms in total. The summed E-state index contributed by atoms with van der Waals surface area (Å²) in [4.78, 5) is 17.7. The SMILES string of the molecule is CN1CCN(C(C(=O)NNc2cc(Cl)cc(Cl)c2)c2ccc3c(c2)CCO3)CC1. The van der Waals surface area contributed by atoms with E-state index in [2.05, 4.69) is 33.8 Å². The van der Waals surface area contributed by atoms with Gasteiger partial charge < -0.3 is 9.64 Å². The van der Waals surface area contributed by atoms with Gasteiger partial charge in [-0.2, -0.15) is 0 Å². The molecule has 0 bridgehead atoms. The van der Waals surface area contributed by atoms with E-state index in [1.807, 2.05) is 12.1 Å². The van der Waals surface area contributed by atoms with Crippen LogP contribution in [0.1, 0.15) is 17.2 Å². The molecule has 1 saturated heterocycles. The second kappa shape index (κ2) is 8.79. The summed E-state index contributed by atoms with van der Waals surface area (Å²) >= 11 is 12.1. The van der Waals surface area contributed by atoms with Crippen molar-refractivity contribution in [2.45, 2.75) is 12.5 Å². The highest BCUT2D eigenvalue weighted by Crippen LogP contribution is 2.31. The summed E-state index contributed by atoms with van der Waals surface area (Å²) in [6.07, 6.45) is 0.875. The van der Waals surface area contributed by atoms with Gasteiger partial charge in [0, 0.05) is 42.6 Å². The van der Waals surface area contributed by atoms with E-state index in [1.165, 1.54) is 0 Å². The largest absolute Gasteiger partial charge is 0.493 e. The van der Waals surface area contributed by atoms with Crippen LogP contribution in [0.25, 0.3) is 0 Å². The van der Waals surface area contributed by atoms with Crippen LogP contribution in [-0.4, -0.2) is 55.5 Å². The van der Waals surface area contributed by atoms with Crippen molar-refractivity contribution in [3.63, 3.8) is 0 Å². The second-order valence-electron chi connectivity index (χ2n) is 7.48. The van der Waals surface area contributed by atoms with Gasteiger partial charge in [0.1, 0.15) is 11.8 Å². The van der Waals surface area contributed by atoms with Crippen molar-refractivity contribution in [1.82, 2.24) is 15.2 Å². The Kier molecular flexibility index (Phi) is 6.15. The van der Waals surface area contributed by atoms with Crippen LogP contribution in [0, 0.1) is 0 Å². The maximum Gasteiger partial charge on any atom is 0.260 e. The lowest BCUT2D eigenvalue weighted by Gasteiger charge is -2.37. The summed E-state index contributed by atoms with van der Waals surface area (Å²) in [5.41, 5.74) is 8.55. The van der Waals surface area contributed by atoms with Gasteiger partial charge in [0.2, 0.25) is 0 Å². The molecule has 2 heterocycles. The van der Waals surface area contributed by atoms with E-state index in [0.29, 0.717) is 22.3 Å². The van der Waals surface area contributed by atoms with Gasteiger partial charge in [0.25, 0.3) is 5.91 Å². The molecule has 0 spiro atoms. The van der Waals surface area contributed by atoms with Crippen molar-refractivity contribution >= 4 is 34.8 Å². The van der Waals surface area contributed by atoms with E-state index >= 15 is 0 Å². The second-order valence-corrected chi connectivity index (χ2v) is 8.35. The van der Waals surface area contributed by atoms with Crippen molar-refractivity contribution < 1.29 is 9.53 Å². The van der Waals surface area contributed by atoms with E-state index < -0.39 is 6.04 Å². The first-order valence-corrected chi connectivity index (χ1v) is 10.5. The van der Waals surface area contributed by atoms with Gasteiger partial charge >= 0.3 is 0 Å². The van der Waals surface area contributed by atoms with Crippen LogP contribution >= 0.6 is 23.2 Å². The number of rotatable bonds is 5. The van der Waals surface area contributed by atoms with Crippen LogP contribution in [-0.2, 0) is 11.2 Å². The van der Waals surface area contributed by atoms with E-state index in [0.717, 1.165) is 49.5 Å². The van der Waals surface area contributed by atoms with Gasteiger partial charge in [-0.1, -0.05) is 29.3 Å². The topological polar surface area (TPSA) is 56.8 Å². The van der Waals surface area contributed by atoms with Crippen molar-refractivity contribution in [2.24, 2.45) is 0 Å². The molecule has 1 unspecified atom stereocenters. The summed E-state index contributed by atoms with van der Waals surface area (Å²) in [6, 6.07) is 10.7. The van der Waals surface area contributed by atoms with Crippen molar-refractivity contribution in [1.29, 1.82) is 0 Å². The number of hydrogen-bond donors (Lipinski definition) is 2. The average Bonchev–Trinajstić information content (AvgIpc) is 3.15. The number of hydrogen-bond acceptors (Lipinski definition) is 5. The summed E-state index contributed by atoms with van der Waals surface area (Å²) in [7, 11) is 2.10. The first-order valence-electron chi connectivity index (χ1n) is 9.70. The number of fused-ring (bicyclic) bond motifs is 1. The highest BCUT2D eigenvalue weighted by atomic mass is 35.5. The molecule has 0 aliphatic carbocycles. The maximum atomic E-state index is 13.2. The molecule has 2 aromatic rings. The fourth-order valence-corrected chi connectivity index (χ4v) is 4.34. The van der Waals surface area contributed by atoms with Crippen LogP contribution < -0.4 is 15.6 Å². The molecule has 2 N–H and O–H groups in total. The van der Waals surface area contributed by atoms with Gasteiger partial charge in [0.15, 0.2) is 0 Å². The predicted octanol–water partition coefficient (Wildman–Crippen LogP) is 3.36. The number of amides is 1. The first-order chi connectivity index (χ1) is 14.0. The fourth-order valence-electron chi connectivity index (χ4n) is 3.81. The van der Waals surface area contributed by atoms with Crippen molar-refractivity contribution in [3.05, 3.63) is 57.6 Å². The highest BCUT2D eigenvalue weighted by molar-refractivity contribution is 6.35. The normalized spacial score (nSPS) is 18.0. The molecule has 2 aromatic carbocycles. The van der Waals surface area contributed by atoms with Gasteiger partial charge in [-0.15, -0.1) is 0 Å². The number of carbonyl (C=O) groups is 1. The number of carbonyl (C=O) groups excluding carboxylic acids is 1. The highest BCUT2D eigenvalue weighted by Gasteiger charge is 2.31. The molecule has 0 aromatic heterocycles. The van der Waals surface area contributed by atoms with Crippen LogP contribution in [0.15, 0.2) is 36.4 Å². The first kappa shape index (κ1) is 20.3. The van der Waals surface area contributed by atoms with Crippen LogP contribution in [0.4, 0.5) is 5.69 Å². The molecule has 4 rings (SSSR count). The number of benzene rings is 2. The Hall–Kier alpha value is -1.99. The van der Waals surface area contributed by atoms with E-state index in [-0.39, 0.29) is 5.91 Å². The smallest absolute Gasteiger partial charge is 0.260 e. The number of nitrogens with zero attached hydrogens (tertiary/aromatic N) is 2. The Balaban J connectivity index is 1.55. The Bertz CT molecular complexity index is 880. The molecule has 0 saturated carbocycles. The number of piperazine rings is 1. The van der Waals surface area contributed by atoms with Gasteiger partial charge in [-0.05, 0) is 48.5 Å². The van der Waals surface area contributed by atoms with Crippen LogP contribution in [0.2, 0.25) is 10.0 Å². The van der Waals surface area contributed by atoms with Gasteiger partial charge in [-0.3, -0.25) is 20.5 Å². The Morgan fingerprint density at radius 1 is 1.07 bits per heavy atom. The van der Waals surface area contributed by atoms with E-state index in [4.69, 9.17) is 27.9 Å². The standard InChI is InChI=1S/C21H24Cl2N4O2/c1-26-5-7-27(8-6-26)20(15-2-3-19-14(10-15)4-9-29-19)21(28)25-24-18-12-16(22)11-17(23)13-18/h2-3,10-13,20,24H,4-9H2,1H3,(H,25,28).